The Balaban J connectivity index is 2.12. The van der Waals surface area contributed by atoms with Crippen LogP contribution >= 0.6 is 15.9 Å². The highest BCUT2D eigenvalue weighted by Gasteiger charge is 2.40. The number of halogens is 1. The molecule has 1 aliphatic carbocycles. The Kier molecular flexibility index (Phi) is 5.04. The van der Waals surface area contributed by atoms with Gasteiger partial charge >= 0.3 is 0 Å². The van der Waals surface area contributed by atoms with Crippen molar-refractivity contribution in [1.29, 1.82) is 0 Å². The van der Waals surface area contributed by atoms with Gasteiger partial charge in [0.1, 0.15) is 0 Å². The third-order valence-corrected chi connectivity index (χ3v) is 5.39. The smallest absolute Gasteiger partial charge is 0.0357 e. The van der Waals surface area contributed by atoms with Crippen molar-refractivity contribution in [3.8, 4) is 0 Å². The fraction of sp³-hybridized carbons (Fsp3) is 0.625. The summed E-state index contributed by atoms with van der Waals surface area (Å²) in [6.45, 7) is 4.11. The molecule has 2 atom stereocenters. The summed E-state index contributed by atoms with van der Waals surface area (Å²) in [7, 11) is 2.23. The van der Waals surface area contributed by atoms with Gasteiger partial charge in [0.05, 0.1) is 0 Å². The van der Waals surface area contributed by atoms with Crippen LogP contribution in [0.1, 0.15) is 38.2 Å². The summed E-state index contributed by atoms with van der Waals surface area (Å²) in [5.41, 5.74) is 7.70. The van der Waals surface area contributed by atoms with Crippen LogP contribution in [0.15, 0.2) is 28.7 Å². The molecule has 1 aliphatic rings. The van der Waals surface area contributed by atoms with E-state index in [0.29, 0.717) is 5.92 Å². The first-order valence-electron chi connectivity index (χ1n) is 7.24. The molecule has 0 amide bonds. The van der Waals surface area contributed by atoms with Crippen molar-refractivity contribution in [3.05, 3.63) is 34.3 Å². The molecule has 0 aliphatic heterocycles. The lowest BCUT2D eigenvalue weighted by atomic mass is 9.72. The standard InChI is InChI=1S/C16H25BrN2/c1-13-5-3-4-10-16(13,12-18)19(2)11-14-6-8-15(17)9-7-14/h6-9,13H,3-5,10-12,18H2,1-2H3. The highest BCUT2D eigenvalue weighted by Crippen LogP contribution is 2.37. The van der Waals surface area contributed by atoms with Gasteiger partial charge in [-0.05, 0) is 43.5 Å². The maximum Gasteiger partial charge on any atom is 0.0357 e. The van der Waals surface area contributed by atoms with E-state index >= 15 is 0 Å². The molecule has 0 radical (unpaired) electrons. The summed E-state index contributed by atoms with van der Waals surface area (Å²) in [6, 6.07) is 8.61. The molecular formula is C16H25BrN2. The van der Waals surface area contributed by atoms with Crippen molar-refractivity contribution in [2.24, 2.45) is 11.7 Å². The topological polar surface area (TPSA) is 29.3 Å². The van der Waals surface area contributed by atoms with Crippen LogP contribution in [0, 0.1) is 5.92 Å². The van der Waals surface area contributed by atoms with Crippen LogP contribution in [0.25, 0.3) is 0 Å². The van der Waals surface area contributed by atoms with Crippen LogP contribution in [0.5, 0.6) is 0 Å². The van der Waals surface area contributed by atoms with Crippen LogP contribution in [0.3, 0.4) is 0 Å². The van der Waals surface area contributed by atoms with Crippen molar-refractivity contribution < 1.29 is 0 Å². The van der Waals surface area contributed by atoms with Gasteiger partial charge in [-0.1, -0.05) is 47.8 Å². The lowest BCUT2D eigenvalue weighted by Crippen LogP contribution is -2.57. The second kappa shape index (κ2) is 6.38. The van der Waals surface area contributed by atoms with Gasteiger partial charge in [-0.25, -0.2) is 0 Å². The zero-order valence-corrected chi connectivity index (χ0v) is 13.6. The Hall–Kier alpha value is -0.380. The maximum absolute atomic E-state index is 6.16. The summed E-state index contributed by atoms with van der Waals surface area (Å²) in [5.74, 6) is 0.687. The van der Waals surface area contributed by atoms with Crippen molar-refractivity contribution >= 4 is 15.9 Å². The minimum absolute atomic E-state index is 0.186. The van der Waals surface area contributed by atoms with E-state index in [4.69, 9.17) is 5.73 Å². The third kappa shape index (κ3) is 3.21. The quantitative estimate of drug-likeness (QED) is 0.913. The van der Waals surface area contributed by atoms with Gasteiger partial charge in [0.25, 0.3) is 0 Å². The van der Waals surface area contributed by atoms with E-state index in [-0.39, 0.29) is 5.54 Å². The van der Waals surface area contributed by atoms with E-state index in [1.54, 1.807) is 0 Å². The van der Waals surface area contributed by atoms with E-state index in [1.165, 1.54) is 31.2 Å². The van der Waals surface area contributed by atoms with Gasteiger partial charge in [0, 0.05) is 23.1 Å². The lowest BCUT2D eigenvalue weighted by molar-refractivity contribution is 0.0279. The Morgan fingerprint density at radius 2 is 2.00 bits per heavy atom. The Morgan fingerprint density at radius 3 is 2.58 bits per heavy atom. The predicted octanol–water partition coefficient (Wildman–Crippen LogP) is 3.79. The van der Waals surface area contributed by atoms with Crippen LogP contribution < -0.4 is 5.73 Å². The average Bonchev–Trinajstić information content (AvgIpc) is 2.42. The van der Waals surface area contributed by atoms with Gasteiger partial charge in [-0.3, -0.25) is 4.90 Å². The molecule has 0 bridgehead atoms. The first kappa shape index (κ1) is 15.0. The van der Waals surface area contributed by atoms with Crippen LogP contribution in [0.2, 0.25) is 0 Å². The summed E-state index contributed by atoms with van der Waals surface area (Å²) in [4.78, 5) is 2.49. The number of benzene rings is 1. The zero-order chi connectivity index (χ0) is 13.9. The lowest BCUT2D eigenvalue weighted by Gasteiger charge is -2.48. The fourth-order valence-corrected chi connectivity index (χ4v) is 3.71. The molecule has 0 aromatic heterocycles. The number of hydrogen-bond acceptors (Lipinski definition) is 2. The Morgan fingerprint density at radius 1 is 1.32 bits per heavy atom. The van der Waals surface area contributed by atoms with E-state index < -0.39 is 0 Å². The van der Waals surface area contributed by atoms with Crippen molar-refractivity contribution in [3.63, 3.8) is 0 Å². The van der Waals surface area contributed by atoms with Gasteiger partial charge in [-0.2, -0.15) is 0 Å². The highest BCUT2D eigenvalue weighted by atomic mass is 79.9. The van der Waals surface area contributed by atoms with E-state index in [9.17, 15) is 0 Å². The van der Waals surface area contributed by atoms with Crippen molar-refractivity contribution in [2.75, 3.05) is 13.6 Å². The largest absolute Gasteiger partial charge is 0.329 e. The van der Waals surface area contributed by atoms with Gasteiger partial charge in [0.2, 0.25) is 0 Å². The van der Waals surface area contributed by atoms with Gasteiger partial charge in [0.15, 0.2) is 0 Å². The molecule has 0 heterocycles. The molecule has 2 nitrogen and oxygen atoms in total. The van der Waals surface area contributed by atoms with Crippen LogP contribution in [-0.4, -0.2) is 24.0 Å². The van der Waals surface area contributed by atoms with Crippen LogP contribution in [0.4, 0.5) is 0 Å². The predicted molar refractivity (Wildman–Crippen MR) is 85.0 cm³/mol. The van der Waals surface area contributed by atoms with Crippen LogP contribution in [-0.2, 0) is 6.54 Å². The molecular weight excluding hydrogens is 300 g/mol. The minimum atomic E-state index is 0.186. The minimum Gasteiger partial charge on any atom is -0.329 e. The molecule has 0 saturated heterocycles. The molecule has 1 saturated carbocycles. The molecule has 0 spiro atoms. The average molecular weight is 325 g/mol. The molecule has 3 heteroatoms. The van der Waals surface area contributed by atoms with Crippen molar-refractivity contribution in [2.45, 2.75) is 44.7 Å². The SMILES string of the molecule is CC1CCCCC1(CN)N(C)Cc1ccc(Br)cc1. The first-order chi connectivity index (χ1) is 9.08. The summed E-state index contributed by atoms with van der Waals surface area (Å²) >= 11 is 3.49. The third-order valence-electron chi connectivity index (χ3n) is 4.86. The summed E-state index contributed by atoms with van der Waals surface area (Å²) in [5, 5.41) is 0. The van der Waals surface area contributed by atoms with E-state index in [2.05, 4.69) is 59.1 Å². The fourth-order valence-electron chi connectivity index (χ4n) is 3.44. The number of nitrogens with zero attached hydrogens (tertiary/aromatic N) is 1. The van der Waals surface area contributed by atoms with E-state index in [0.717, 1.165) is 17.6 Å². The second-order valence-corrected chi connectivity index (χ2v) is 6.85. The first-order valence-corrected chi connectivity index (χ1v) is 8.03. The Labute approximate surface area is 125 Å². The number of hydrogen-bond donors (Lipinski definition) is 1. The second-order valence-electron chi connectivity index (χ2n) is 5.94. The van der Waals surface area contributed by atoms with Crippen molar-refractivity contribution in [1.82, 2.24) is 4.90 Å². The maximum atomic E-state index is 6.16. The molecule has 2 unspecified atom stereocenters. The van der Waals surface area contributed by atoms with E-state index in [1.807, 2.05) is 0 Å². The molecule has 19 heavy (non-hydrogen) atoms. The Bertz CT molecular complexity index is 404. The summed E-state index contributed by atoms with van der Waals surface area (Å²) < 4.78 is 1.14. The number of nitrogens with two attached hydrogens (primary N) is 1. The number of likely N-dealkylation sites (N-methyl/N-ethyl adjacent to an activating group) is 1. The summed E-state index contributed by atoms with van der Waals surface area (Å²) in [6.07, 6.45) is 5.21. The van der Waals surface area contributed by atoms with Gasteiger partial charge in [-0.15, -0.1) is 0 Å². The molecule has 1 fully saturated rings. The molecule has 106 valence electrons. The molecule has 2 N–H and O–H groups in total. The molecule has 1 aromatic rings. The zero-order valence-electron chi connectivity index (χ0n) is 12.0. The highest BCUT2D eigenvalue weighted by molar-refractivity contribution is 9.10. The monoisotopic (exact) mass is 324 g/mol. The van der Waals surface area contributed by atoms with Gasteiger partial charge < -0.3 is 5.73 Å². The molecule has 2 rings (SSSR count). The normalized spacial score (nSPS) is 27.7. The number of rotatable bonds is 4. The molecule has 1 aromatic carbocycles.